The maximum Gasteiger partial charge on any atom is 0.102 e. The zero-order chi connectivity index (χ0) is 17.3. The highest BCUT2D eigenvalue weighted by Crippen LogP contribution is 2.84. The Bertz CT molecular complexity index is 660. The van der Waals surface area contributed by atoms with Crippen molar-refractivity contribution in [1.29, 1.82) is 0 Å². The van der Waals surface area contributed by atoms with Crippen LogP contribution in [0.15, 0.2) is 11.1 Å². The molecule has 5 aliphatic rings. The molecule has 1 spiro atoms. The Balaban J connectivity index is 1.81. The molecule has 1 unspecified atom stereocenters. The summed E-state index contributed by atoms with van der Waals surface area (Å²) in [7, 11) is 0. The first-order valence-electron chi connectivity index (χ1n) is 9.23. The van der Waals surface area contributed by atoms with Crippen LogP contribution in [0, 0.1) is 22.2 Å². The van der Waals surface area contributed by atoms with E-state index < -0.39 is 40.2 Å². The van der Waals surface area contributed by atoms with Gasteiger partial charge in [0.2, 0.25) is 0 Å². The van der Waals surface area contributed by atoms with E-state index in [4.69, 9.17) is 4.74 Å². The quantitative estimate of drug-likeness (QED) is 0.490. The minimum Gasteiger partial charge on any atom is -0.392 e. The van der Waals surface area contributed by atoms with Crippen LogP contribution in [0.5, 0.6) is 0 Å². The molecule has 24 heavy (non-hydrogen) atoms. The third-order valence-corrected chi connectivity index (χ3v) is 9.20. The lowest BCUT2D eigenvalue weighted by atomic mass is 9.22. The monoisotopic (exact) mass is 336 g/mol. The molecule has 4 aliphatic carbocycles. The Morgan fingerprint density at radius 1 is 1.17 bits per heavy atom. The molecule has 4 fully saturated rings. The number of hydrogen-bond acceptors (Lipinski definition) is 5. The molecule has 3 saturated carbocycles. The van der Waals surface area contributed by atoms with Gasteiger partial charge in [0.15, 0.2) is 0 Å². The van der Waals surface area contributed by atoms with Crippen molar-refractivity contribution in [2.45, 2.75) is 76.5 Å². The second kappa shape index (κ2) is 4.09. The molecule has 5 nitrogen and oxygen atoms in total. The minimum absolute atomic E-state index is 0.000348. The molecule has 0 amide bonds. The highest BCUT2D eigenvalue weighted by Gasteiger charge is 2.87. The summed E-state index contributed by atoms with van der Waals surface area (Å²) in [5, 5.41) is 44.5. The lowest BCUT2D eigenvalue weighted by molar-refractivity contribution is -0.416. The zero-order valence-electron chi connectivity index (χ0n) is 14.6. The molecule has 5 rings (SSSR count). The summed E-state index contributed by atoms with van der Waals surface area (Å²) in [5.41, 5.74) is -0.811. The average Bonchev–Trinajstić information content (AvgIpc) is 2.50. The third-order valence-electron chi connectivity index (χ3n) is 9.20. The van der Waals surface area contributed by atoms with Gasteiger partial charge in [-0.1, -0.05) is 19.4 Å². The van der Waals surface area contributed by atoms with E-state index in [0.717, 1.165) is 17.6 Å². The van der Waals surface area contributed by atoms with Gasteiger partial charge in [-0.3, -0.25) is 0 Å². The summed E-state index contributed by atoms with van der Waals surface area (Å²) < 4.78 is 5.73. The number of hydrogen-bond donors (Lipinski definition) is 4. The standard InChI is InChI=1S/C19H28O5/c1-9-4-5-18(23)8-19-10-7-24-11(10)6-12(20)16(19,2)15(22)14(21)13(9)17(18,19)3/h10-12,14-15,20-23H,4-8H2,1-3H3/t10-,11-,12+,14-,15-,16+,17+,18-,19?/m1/s1. The molecule has 9 atom stereocenters. The summed E-state index contributed by atoms with van der Waals surface area (Å²) in [6, 6.07) is 0. The maximum atomic E-state index is 11.4. The summed E-state index contributed by atoms with van der Waals surface area (Å²) in [6.07, 6.45) is -0.260. The average molecular weight is 336 g/mol. The van der Waals surface area contributed by atoms with Crippen molar-refractivity contribution in [2.24, 2.45) is 22.2 Å². The van der Waals surface area contributed by atoms with Gasteiger partial charge in [0.25, 0.3) is 0 Å². The Morgan fingerprint density at radius 2 is 1.88 bits per heavy atom. The normalized spacial score (nSPS) is 64.4. The Hall–Kier alpha value is -0.460. The van der Waals surface area contributed by atoms with Crippen LogP contribution < -0.4 is 0 Å². The van der Waals surface area contributed by atoms with E-state index in [-0.39, 0.29) is 12.0 Å². The van der Waals surface area contributed by atoms with Crippen LogP contribution in [0.3, 0.4) is 0 Å². The van der Waals surface area contributed by atoms with E-state index >= 15 is 0 Å². The minimum atomic E-state index is -1.02. The fraction of sp³-hybridized carbons (Fsp3) is 0.895. The second-order valence-electron chi connectivity index (χ2n) is 9.40. The van der Waals surface area contributed by atoms with Crippen molar-refractivity contribution in [2.75, 3.05) is 6.61 Å². The fourth-order valence-corrected chi connectivity index (χ4v) is 7.82. The molecular weight excluding hydrogens is 308 g/mol. The van der Waals surface area contributed by atoms with Crippen LogP contribution in [-0.4, -0.2) is 57.0 Å². The molecule has 1 heterocycles. The molecule has 0 bridgehead atoms. The van der Waals surface area contributed by atoms with Crippen LogP contribution in [0.2, 0.25) is 0 Å². The van der Waals surface area contributed by atoms with Gasteiger partial charge in [-0.15, -0.1) is 0 Å². The van der Waals surface area contributed by atoms with E-state index in [1.807, 2.05) is 13.8 Å². The molecule has 0 aromatic rings. The highest BCUT2D eigenvalue weighted by molar-refractivity contribution is 5.48. The lowest BCUT2D eigenvalue weighted by Crippen LogP contribution is -2.88. The molecule has 1 saturated heterocycles. The van der Waals surface area contributed by atoms with Gasteiger partial charge in [-0.25, -0.2) is 0 Å². The highest BCUT2D eigenvalue weighted by atomic mass is 16.5. The number of rotatable bonds is 0. The van der Waals surface area contributed by atoms with Crippen LogP contribution in [0.25, 0.3) is 0 Å². The first-order chi connectivity index (χ1) is 11.1. The van der Waals surface area contributed by atoms with Crippen LogP contribution >= 0.6 is 0 Å². The molecule has 0 radical (unpaired) electrons. The smallest absolute Gasteiger partial charge is 0.102 e. The molecule has 0 aromatic carbocycles. The molecule has 1 aliphatic heterocycles. The Kier molecular flexibility index (Phi) is 2.69. The second-order valence-corrected chi connectivity index (χ2v) is 9.40. The summed E-state index contributed by atoms with van der Waals surface area (Å²) in [5.74, 6) is 0.222. The van der Waals surface area contributed by atoms with E-state index in [1.54, 1.807) is 0 Å². The van der Waals surface area contributed by atoms with Gasteiger partial charge in [-0.05, 0) is 31.8 Å². The number of fused-ring (bicyclic) bond motifs is 1. The van der Waals surface area contributed by atoms with Crippen molar-refractivity contribution in [3.05, 3.63) is 11.1 Å². The molecular formula is C19H28O5. The van der Waals surface area contributed by atoms with E-state index in [9.17, 15) is 20.4 Å². The van der Waals surface area contributed by atoms with E-state index in [0.29, 0.717) is 25.9 Å². The van der Waals surface area contributed by atoms with Gasteiger partial charge < -0.3 is 25.2 Å². The number of allylic oxidation sites excluding steroid dienone is 1. The topological polar surface area (TPSA) is 90.2 Å². The van der Waals surface area contributed by atoms with E-state index in [1.165, 1.54) is 0 Å². The predicted octanol–water partition coefficient (Wildman–Crippen LogP) is 0.745. The predicted molar refractivity (Wildman–Crippen MR) is 86.0 cm³/mol. The Labute approximate surface area is 142 Å². The van der Waals surface area contributed by atoms with Gasteiger partial charge in [-0.2, -0.15) is 0 Å². The van der Waals surface area contributed by atoms with Crippen LogP contribution in [0.1, 0.15) is 46.5 Å². The Morgan fingerprint density at radius 3 is 2.50 bits per heavy atom. The van der Waals surface area contributed by atoms with Crippen LogP contribution in [0.4, 0.5) is 0 Å². The van der Waals surface area contributed by atoms with Crippen molar-refractivity contribution in [1.82, 2.24) is 0 Å². The maximum absolute atomic E-state index is 11.4. The van der Waals surface area contributed by atoms with Gasteiger partial charge in [0.05, 0.1) is 30.5 Å². The largest absolute Gasteiger partial charge is 0.392 e. The van der Waals surface area contributed by atoms with Crippen LogP contribution in [-0.2, 0) is 4.74 Å². The van der Waals surface area contributed by atoms with Gasteiger partial charge >= 0.3 is 0 Å². The molecule has 134 valence electrons. The number of aliphatic hydroxyl groups excluding tert-OH is 3. The zero-order valence-corrected chi connectivity index (χ0v) is 14.6. The summed E-state index contributed by atoms with van der Waals surface area (Å²) in [6.45, 7) is 6.62. The third kappa shape index (κ3) is 1.19. The number of aliphatic hydroxyl groups is 4. The summed E-state index contributed by atoms with van der Waals surface area (Å²) >= 11 is 0. The first-order valence-corrected chi connectivity index (χ1v) is 9.23. The first kappa shape index (κ1) is 15.8. The van der Waals surface area contributed by atoms with Crippen molar-refractivity contribution >= 4 is 0 Å². The molecule has 4 N–H and O–H groups in total. The van der Waals surface area contributed by atoms with Gasteiger partial charge in [0, 0.05) is 28.6 Å². The fourth-order valence-electron chi connectivity index (χ4n) is 7.82. The molecule has 0 aromatic heterocycles. The van der Waals surface area contributed by atoms with Crippen molar-refractivity contribution in [3.63, 3.8) is 0 Å². The lowest BCUT2D eigenvalue weighted by Gasteiger charge is -2.84. The van der Waals surface area contributed by atoms with Crippen molar-refractivity contribution < 1.29 is 25.2 Å². The van der Waals surface area contributed by atoms with Gasteiger partial charge in [0.1, 0.15) is 6.10 Å². The van der Waals surface area contributed by atoms with E-state index in [2.05, 4.69) is 6.92 Å². The molecule has 5 heteroatoms. The SMILES string of the molecule is CC1=C2[C@@H](O)[C@@H](O)[C@]3(C)[C@@H](O)C[C@H]4OC[C@H]4C34C[C@](O)(CC1)[C@]24C. The summed E-state index contributed by atoms with van der Waals surface area (Å²) in [4.78, 5) is 0. The number of ether oxygens (including phenoxy) is 1. The van der Waals surface area contributed by atoms with Crippen molar-refractivity contribution in [3.8, 4) is 0 Å².